The highest BCUT2D eigenvalue weighted by Crippen LogP contribution is 2.23. The van der Waals surface area contributed by atoms with Crippen LogP contribution in [0.1, 0.15) is 21.5 Å². The van der Waals surface area contributed by atoms with E-state index in [0.717, 1.165) is 5.75 Å². The third-order valence-electron chi connectivity index (χ3n) is 5.29. The summed E-state index contributed by atoms with van der Waals surface area (Å²) >= 11 is 1.76. The summed E-state index contributed by atoms with van der Waals surface area (Å²) in [6.07, 6.45) is 0. The Labute approximate surface area is 199 Å². The number of carbonyl (C=O) groups is 1. The number of morpholine rings is 1. The van der Waals surface area contributed by atoms with Crippen LogP contribution < -0.4 is 5.32 Å². The fourth-order valence-corrected chi connectivity index (χ4v) is 5.83. The molecule has 3 aromatic carbocycles. The first-order chi connectivity index (χ1) is 16.0. The van der Waals surface area contributed by atoms with E-state index in [-0.39, 0.29) is 11.7 Å². The molecule has 0 saturated carbocycles. The summed E-state index contributed by atoms with van der Waals surface area (Å²) in [5, 5.41) is 2.89. The molecule has 8 heteroatoms. The lowest BCUT2D eigenvalue weighted by Crippen LogP contribution is -2.41. The second kappa shape index (κ2) is 11.0. The van der Waals surface area contributed by atoms with Crippen LogP contribution in [0.5, 0.6) is 0 Å². The zero-order valence-electron chi connectivity index (χ0n) is 18.1. The van der Waals surface area contributed by atoms with E-state index in [1.54, 1.807) is 36.0 Å². The van der Waals surface area contributed by atoms with Crippen molar-refractivity contribution in [1.29, 1.82) is 0 Å². The summed E-state index contributed by atoms with van der Waals surface area (Å²) in [6.45, 7) is 1.61. The number of thioether (sulfide) groups is 1. The van der Waals surface area contributed by atoms with Crippen LogP contribution in [0.15, 0.2) is 83.8 Å². The van der Waals surface area contributed by atoms with Crippen molar-refractivity contribution in [2.24, 2.45) is 0 Å². The minimum absolute atomic E-state index is 0.0860. The van der Waals surface area contributed by atoms with Gasteiger partial charge in [0.2, 0.25) is 10.0 Å². The van der Waals surface area contributed by atoms with Crippen molar-refractivity contribution in [2.75, 3.05) is 31.6 Å². The van der Waals surface area contributed by atoms with Crippen LogP contribution in [-0.4, -0.2) is 44.9 Å². The summed E-state index contributed by atoms with van der Waals surface area (Å²) in [5.41, 5.74) is 3.02. The minimum atomic E-state index is -3.39. The first-order valence-corrected chi connectivity index (χ1v) is 13.3. The standard InChI is InChI=1S/C25H26N2O4S2/c28-25(26-23-12-8-20(9-13-23)18-32-24-4-2-1-3-5-24)22-10-6-21(7-11-22)19-33(29,30)27-14-16-31-17-15-27/h1-13H,14-19H2,(H,26,28). The highest BCUT2D eigenvalue weighted by molar-refractivity contribution is 7.98. The molecule has 3 aromatic rings. The number of carbonyl (C=O) groups excluding carboxylic acids is 1. The van der Waals surface area contributed by atoms with Gasteiger partial charge in [-0.05, 0) is 47.5 Å². The summed E-state index contributed by atoms with van der Waals surface area (Å²) < 4.78 is 31.8. The van der Waals surface area contributed by atoms with E-state index in [1.807, 2.05) is 42.5 Å². The topological polar surface area (TPSA) is 75.7 Å². The lowest BCUT2D eigenvalue weighted by atomic mass is 10.1. The number of rotatable bonds is 8. The Morgan fingerprint density at radius 2 is 1.52 bits per heavy atom. The molecule has 6 nitrogen and oxygen atoms in total. The van der Waals surface area contributed by atoms with E-state index in [2.05, 4.69) is 17.4 Å². The molecule has 1 saturated heterocycles. The normalized spacial score (nSPS) is 14.7. The van der Waals surface area contributed by atoms with Gasteiger partial charge in [0.25, 0.3) is 5.91 Å². The van der Waals surface area contributed by atoms with Crippen molar-refractivity contribution >= 4 is 33.4 Å². The summed E-state index contributed by atoms with van der Waals surface area (Å²) in [7, 11) is -3.39. The molecule has 1 fully saturated rings. The van der Waals surface area contributed by atoms with Crippen molar-refractivity contribution in [2.45, 2.75) is 16.4 Å². The predicted molar refractivity (Wildman–Crippen MR) is 132 cm³/mol. The number of anilines is 1. The SMILES string of the molecule is O=C(Nc1ccc(CSc2ccccc2)cc1)c1ccc(CS(=O)(=O)N2CCOCC2)cc1. The predicted octanol–water partition coefficient (Wildman–Crippen LogP) is 4.39. The van der Waals surface area contributed by atoms with Gasteiger partial charge in [0.15, 0.2) is 0 Å². The fourth-order valence-electron chi connectivity index (χ4n) is 3.45. The van der Waals surface area contributed by atoms with Gasteiger partial charge < -0.3 is 10.1 Å². The van der Waals surface area contributed by atoms with E-state index in [4.69, 9.17) is 4.74 Å². The molecule has 0 atom stereocenters. The largest absolute Gasteiger partial charge is 0.379 e. The van der Waals surface area contributed by atoms with Gasteiger partial charge in [0.1, 0.15) is 0 Å². The van der Waals surface area contributed by atoms with E-state index in [0.29, 0.717) is 43.1 Å². The van der Waals surface area contributed by atoms with E-state index in [9.17, 15) is 13.2 Å². The molecule has 172 valence electrons. The maximum atomic E-state index is 12.6. The molecule has 0 aliphatic carbocycles. The van der Waals surface area contributed by atoms with Crippen molar-refractivity contribution in [1.82, 2.24) is 4.31 Å². The van der Waals surface area contributed by atoms with Crippen LogP contribution in [0.3, 0.4) is 0 Å². The van der Waals surface area contributed by atoms with E-state index >= 15 is 0 Å². The zero-order chi connectivity index (χ0) is 23.1. The zero-order valence-corrected chi connectivity index (χ0v) is 19.8. The molecule has 1 heterocycles. The summed E-state index contributed by atoms with van der Waals surface area (Å²) in [6, 6.07) is 24.7. The second-order valence-corrected chi connectivity index (χ2v) is 10.7. The number of sulfonamides is 1. The number of amides is 1. The minimum Gasteiger partial charge on any atom is -0.379 e. The van der Waals surface area contributed by atoms with Gasteiger partial charge in [0, 0.05) is 35.0 Å². The van der Waals surface area contributed by atoms with Crippen LogP contribution >= 0.6 is 11.8 Å². The summed E-state index contributed by atoms with van der Waals surface area (Å²) in [4.78, 5) is 13.8. The maximum absolute atomic E-state index is 12.6. The number of nitrogens with one attached hydrogen (secondary N) is 1. The first-order valence-electron chi connectivity index (χ1n) is 10.7. The van der Waals surface area contributed by atoms with Crippen LogP contribution in [0.2, 0.25) is 0 Å². The summed E-state index contributed by atoms with van der Waals surface area (Å²) in [5.74, 6) is 0.536. The Bertz CT molecular complexity index is 1160. The van der Waals surface area contributed by atoms with Crippen LogP contribution in [0.25, 0.3) is 0 Å². The highest BCUT2D eigenvalue weighted by atomic mass is 32.2. The Balaban J connectivity index is 1.31. The maximum Gasteiger partial charge on any atom is 0.255 e. The second-order valence-electron chi connectivity index (χ2n) is 7.72. The molecule has 0 unspecified atom stereocenters. The molecular formula is C25H26N2O4S2. The molecule has 1 aliphatic rings. The fraction of sp³-hybridized carbons (Fsp3) is 0.240. The number of hydrogen-bond donors (Lipinski definition) is 1. The van der Waals surface area contributed by atoms with Crippen LogP contribution in [0.4, 0.5) is 5.69 Å². The van der Waals surface area contributed by atoms with Gasteiger partial charge >= 0.3 is 0 Å². The van der Waals surface area contributed by atoms with Gasteiger partial charge in [-0.15, -0.1) is 11.8 Å². The van der Waals surface area contributed by atoms with Crippen LogP contribution in [0, 0.1) is 0 Å². The quantitative estimate of drug-likeness (QED) is 0.482. The molecular weight excluding hydrogens is 456 g/mol. The van der Waals surface area contributed by atoms with Gasteiger partial charge in [-0.3, -0.25) is 4.79 Å². The number of hydrogen-bond acceptors (Lipinski definition) is 5. The molecule has 1 amide bonds. The average Bonchev–Trinajstić information content (AvgIpc) is 2.85. The molecule has 1 N–H and O–H groups in total. The van der Waals surface area contributed by atoms with Gasteiger partial charge in [-0.1, -0.05) is 42.5 Å². The number of benzene rings is 3. The van der Waals surface area contributed by atoms with Crippen molar-refractivity contribution in [3.63, 3.8) is 0 Å². The number of ether oxygens (including phenoxy) is 1. The lowest BCUT2D eigenvalue weighted by Gasteiger charge is -2.26. The monoisotopic (exact) mass is 482 g/mol. The molecule has 4 rings (SSSR count). The molecule has 0 radical (unpaired) electrons. The third-order valence-corrected chi connectivity index (χ3v) is 8.22. The Kier molecular flexibility index (Phi) is 7.82. The highest BCUT2D eigenvalue weighted by Gasteiger charge is 2.24. The molecule has 0 spiro atoms. The van der Waals surface area contributed by atoms with E-state index < -0.39 is 10.0 Å². The van der Waals surface area contributed by atoms with Gasteiger partial charge in [-0.25, -0.2) is 8.42 Å². The van der Waals surface area contributed by atoms with Crippen molar-refractivity contribution in [3.8, 4) is 0 Å². The van der Waals surface area contributed by atoms with Gasteiger partial charge in [-0.2, -0.15) is 4.31 Å². The van der Waals surface area contributed by atoms with Crippen molar-refractivity contribution in [3.05, 3.63) is 95.6 Å². The third kappa shape index (κ3) is 6.68. The molecule has 1 aliphatic heterocycles. The lowest BCUT2D eigenvalue weighted by molar-refractivity contribution is 0.0729. The van der Waals surface area contributed by atoms with E-state index in [1.165, 1.54) is 14.8 Å². The molecule has 33 heavy (non-hydrogen) atoms. The Hall–Kier alpha value is -2.65. The van der Waals surface area contributed by atoms with Crippen molar-refractivity contribution < 1.29 is 17.9 Å². The van der Waals surface area contributed by atoms with Crippen LogP contribution in [-0.2, 0) is 26.3 Å². The molecule has 0 bridgehead atoms. The number of nitrogens with zero attached hydrogens (tertiary/aromatic N) is 1. The van der Waals surface area contributed by atoms with Gasteiger partial charge in [0.05, 0.1) is 19.0 Å². The Morgan fingerprint density at radius 3 is 2.18 bits per heavy atom. The average molecular weight is 483 g/mol. The smallest absolute Gasteiger partial charge is 0.255 e. The first kappa shape index (κ1) is 23.5. The molecule has 0 aromatic heterocycles. The Morgan fingerprint density at radius 1 is 0.879 bits per heavy atom.